The highest BCUT2D eigenvalue weighted by Crippen LogP contribution is 2.41. The number of amides is 1. The van der Waals surface area contributed by atoms with Gasteiger partial charge in [0.1, 0.15) is 0 Å². The van der Waals surface area contributed by atoms with E-state index >= 15 is 0 Å². The second-order valence-electron chi connectivity index (χ2n) is 6.41. The van der Waals surface area contributed by atoms with Crippen LogP contribution in [0.1, 0.15) is 18.9 Å². The first kappa shape index (κ1) is 19.5. The van der Waals surface area contributed by atoms with Crippen molar-refractivity contribution in [2.75, 3.05) is 11.1 Å². The molecule has 1 aromatic carbocycles. The minimum atomic E-state index is -0.489. The van der Waals surface area contributed by atoms with Crippen molar-refractivity contribution in [1.29, 1.82) is 0 Å². The van der Waals surface area contributed by atoms with E-state index in [4.69, 9.17) is 0 Å². The molecule has 0 bridgehead atoms. The molecule has 148 valence electrons. The largest absolute Gasteiger partial charge is 0.324 e. The maximum atomic E-state index is 12.4. The van der Waals surface area contributed by atoms with E-state index in [-0.39, 0.29) is 17.3 Å². The van der Waals surface area contributed by atoms with E-state index in [0.717, 1.165) is 24.2 Å². The molecule has 0 unspecified atom stereocenters. The molecular formula is C18H15BrN6O3S. The van der Waals surface area contributed by atoms with Crippen LogP contribution in [-0.4, -0.2) is 36.3 Å². The van der Waals surface area contributed by atoms with Gasteiger partial charge in [-0.15, -0.1) is 10.2 Å². The van der Waals surface area contributed by atoms with Gasteiger partial charge in [-0.2, -0.15) is 0 Å². The Bertz CT molecular complexity index is 1070. The number of nitro benzene ring substituents is 1. The fourth-order valence-electron chi connectivity index (χ4n) is 2.76. The number of carbonyl (C=O) groups is 1. The standard InChI is InChI=1S/C18H15BrN6O3S/c19-14-8-13(25(27)28)5-6-15(14)21-16(26)10-29-18-23-22-17(24(18)12-3-4-12)11-2-1-7-20-9-11/h1-2,5-9,12H,3-4,10H2,(H,21,26). The van der Waals surface area contributed by atoms with Crippen LogP contribution in [-0.2, 0) is 4.79 Å². The number of nitro groups is 1. The summed E-state index contributed by atoms with van der Waals surface area (Å²) >= 11 is 4.56. The zero-order valence-electron chi connectivity index (χ0n) is 15.0. The lowest BCUT2D eigenvalue weighted by molar-refractivity contribution is -0.384. The highest BCUT2D eigenvalue weighted by molar-refractivity contribution is 9.10. The zero-order valence-corrected chi connectivity index (χ0v) is 17.4. The van der Waals surface area contributed by atoms with Crippen molar-refractivity contribution in [3.63, 3.8) is 0 Å². The van der Waals surface area contributed by atoms with Gasteiger partial charge in [0, 0.05) is 40.6 Å². The van der Waals surface area contributed by atoms with Crippen LogP contribution in [0.2, 0.25) is 0 Å². The van der Waals surface area contributed by atoms with Gasteiger partial charge in [-0.05, 0) is 47.0 Å². The third kappa shape index (κ3) is 4.46. The molecule has 11 heteroatoms. The number of rotatable bonds is 7. The van der Waals surface area contributed by atoms with Crippen LogP contribution in [0.4, 0.5) is 11.4 Å². The van der Waals surface area contributed by atoms with Gasteiger partial charge in [-0.25, -0.2) is 0 Å². The summed E-state index contributed by atoms with van der Waals surface area (Å²) in [4.78, 5) is 26.8. The van der Waals surface area contributed by atoms with E-state index in [1.165, 1.54) is 30.0 Å². The van der Waals surface area contributed by atoms with Gasteiger partial charge in [0.2, 0.25) is 5.91 Å². The van der Waals surface area contributed by atoms with Crippen molar-refractivity contribution in [2.45, 2.75) is 24.0 Å². The summed E-state index contributed by atoms with van der Waals surface area (Å²) in [6, 6.07) is 8.32. The number of thioether (sulfide) groups is 1. The monoisotopic (exact) mass is 474 g/mol. The Morgan fingerprint density at radius 3 is 2.83 bits per heavy atom. The average molecular weight is 475 g/mol. The van der Waals surface area contributed by atoms with E-state index < -0.39 is 4.92 Å². The van der Waals surface area contributed by atoms with Gasteiger partial charge >= 0.3 is 0 Å². The second kappa shape index (κ2) is 8.29. The third-order valence-electron chi connectivity index (χ3n) is 4.27. The molecule has 29 heavy (non-hydrogen) atoms. The number of carbonyl (C=O) groups excluding carboxylic acids is 1. The zero-order chi connectivity index (χ0) is 20.4. The molecule has 9 nitrogen and oxygen atoms in total. The minimum absolute atomic E-state index is 0.0512. The van der Waals surface area contributed by atoms with Crippen molar-refractivity contribution < 1.29 is 9.72 Å². The number of benzene rings is 1. The Kier molecular flexibility index (Phi) is 5.58. The molecule has 2 heterocycles. The fraction of sp³-hybridized carbons (Fsp3) is 0.222. The molecule has 1 N–H and O–H groups in total. The Balaban J connectivity index is 1.45. The van der Waals surface area contributed by atoms with E-state index in [9.17, 15) is 14.9 Å². The number of hydrogen-bond donors (Lipinski definition) is 1. The first-order valence-corrected chi connectivity index (χ1v) is 10.5. The summed E-state index contributed by atoms with van der Waals surface area (Å²) in [5, 5.41) is 22.8. The molecule has 0 spiro atoms. The quantitative estimate of drug-likeness (QED) is 0.311. The number of hydrogen-bond acceptors (Lipinski definition) is 7. The second-order valence-corrected chi connectivity index (χ2v) is 8.20. The normalized spacial score (nSPS) is 13.3. The lowest BCUT2D eigenvalue weighted by Gasteiger charge is -2.09. The summed E-state index contributed by atoms with van der Waals surface area (Å²) in [6.07, 6.45) is 5.56. The smallest absolute Gasteiger partial charge is 0.270 e. The summed E-state index contributed by atoms with van der Waals surface area (Å²) in [5.74, 6) is 0.654. The highest BCUT2D eigenvalue weighted by atomic mass is 79.9. The molecule has 3 aromatic rings. The molecule has 0 aliphatic heterocycles. The lowest BCUT2D eigenvalue weighted by atomic mass is 10.3. The topological polar surface area (TPSA) is 116 Å². The Hall–Kier alpha value is -2.79. The number of non-ortho nitro benzene ring substituents is 1. The highest BCUT2D eigenvalue weighted by Gasteiger charge is 2.30. The number of halogens is 1. The Morgan fingerprint density at radius 1 is 1.34 bits per heavy atom. The van der Waals surface area contributed by atoms with Gasteiger partial charge in [-0.1, -0.05) is 11.8 Å². The lowest BCUT2D eigenvalue weighted by Crippen LogP contribution is -2.15. The molecule has 0 atom stereocenters. The van der Waals surface area contributed by atoms with Crippen LogP contribution in [0.15, 0.2) is 52.4 Å². The summed E-state index contributed by atoms with van der Waals surface area (Å²) in [7, 11) is 0. The van der Waals surface area contributed by atoms with Gasteiger partial charge < -0.3 is 5.32 Å². The first-order chi connectivity index (χ1) is 14.0. The van der Waals surface area contributed by atoms with Crippen LogP contribution in [0.5, 0.6) is 0 Å². The van der Waals surface area contributed by atoms with E-state index in [1.54, 1.807) is 12.4 Å². The molecule has 1 fully saturated rings. The predicted octanol–water partition coefficient (Wildman–Crippen LogP) is 4.08. The molecule has 1 saturated carbocycles. The van der Waals surface area contributed by atoms with Crippen LogP contribution >= 0.6 is 27.7 Å². The van der Waals surface area contributed by atoms with E-state index in [0.29, 0.717) is 21.4 Å². The number of nitrogens with zero attached hydrogens (tertiary/aromatic N) is 5. The van der Waals surface area contributed by atoms with E-state index in [2.05, 4.69) is 41.0 Å². The fourth-order valence-corrected chi connectivity index (χ4v) is 4.04. The molecule has 1 aliphatic carbocycles. The van der Waals surface area contributed by atoms with Gasteiger partial charge in [0.25, 0.3) is 5.69 Å². The van der Waals surface area contributed by atoms with Gasteiger partial charge in [-0.3, -0.25) is 24.5 Å². The number of nitrogens with one attached hydrogen (secondary N) is 1. The molecule has 0 radical (unpaired) electrons. The van der Waals surface area contributed by atoms with Crippen molar-refractivity contribution in [3.8, 4) is 11.4 Å². The van der Waals surface area contributed by atoms with Crippen molar-refractivity contribution in [1.82, 2.24) is 19.7 Å². The predicted molar refractivity (Wildman–Crippen MR) is 112 cm³/mol. The molecular weight excluding hydrogens is 460 g/mol. The maximum absolute atomic E-state index is 12.4. The SMILES string of the molecule is O=C(CSc1nnc(-c2cccnc2)n1C1CC1)Nc1ccc([N+](=O)[O-])cc1Br. The molecule has 1 amide bonds. The van der Waals surface area contributed by atoms with Crippen LogP contribution < -0.4 is 5.32 Å². The Labute approximate surface area is 178 Å². The van der Waals surface area contributed by atoms with Crippen LogP contribution in [0, 0.1) is 10.1 Å². The maximum Gasteiger partial charge on any atom is 0.270 e. The third-order valence-corrected chi connectivity index (χ3v) is 5.87. The van der Waals surface area contributed by atoms with Crippen molar-refractivity contribution in [2.24, 2.45) is 0 Å². The van der Waals surface area contributed by atoms with E-state index in [1.807, 2.05) is 12.1 Å². The van der Waals surface area contributed by atoms with Crippen LogP contribution in [0.25, 0.3) is 11.4 Å². The average Bonchev–Trinajstić information content (AvgIpc) is 3.47. The molecule has 1 aliphatic rings. The molecule has 0 saturated heterocycles. The number of anilines is 1. The molecule has 4 rings (SSSR count). The minimum Gasteiger partial charge on any atom is -0.324 e. The summed E-state index contributed by atoms with van der Waals surface area (Å²) < 4.78 is 2.52. The molecule has 2 aromatic heterocycles. The van der Waals surface area contributed by atoms with Gasteiger partial charge in [0.05, 0.1) is 16.4 Å². The Morgan fingerprint density at radius 2 is 2.17 bits per heavy atom. The number of aromatic nitrogens is 4. The first-order valence-electron chi connectivity index (χ1n) is 8.75. The number of pyridine rings is 1. The van der Waals surface area contributed by atoms with Crippen LogP contribution in [0.3, 0.4) is 0 Å². The van der Waals surface area contributed by atoms with Crippen molar-refractivity contribution >= 4 is 45.0 Å². The van der Waals surface area contributed by atoms with Gasteiger partial charge in [0.15, 0.2) is 11.0 Å². The van der Waals surface area contributed by atoms with Crippen molar-refractivity contribution in [3.05, 3.63) is 57.3 Å². The summed E-state index contributed by atoms with van der Waals surface area (Å²) in [5.41, 5.74) is 1.31. The summed E-state index contributed by atoms with van der Waals surface area (Å²) in [6.45, 7) is 0.